The monoisotopic (exact) mass is 483 g/mol. The summed E-state index contributed by atoms with van der Waals surface area (Å²) in [6.45, 7) is 4.14. The standard InChI is InChI=1S/C23H22ClN5O3S/c1-3-19(30)25-16-6-4-5-14(9-16)21(32)26-23-28-27-22(33-23)15-10-20(31)29(12-15)17-8-7-13(2)18(24)11-17/h4-9,11,15H,3,10,12H2,1-2H3,(H,25,30)(H,26,28,32). The molecular formula is C23H22ClN5O3S. The largest absolute Gasteiger partial charge is 0.326 e. The zero-order chi connectivity index (χ0) is 23.5. The van der Waals surface area contributed by atoms with Gasteiger partial charge in [0.2, 0.25) is 16.9 Å². The molecule has 10 heteroatoms. The lowest BCUT2D eigenvalue weighted by molar-refractivity contribution is -0.117. The Balaban J connectivity index is 1.42. The Labute approximate surface area is 200 Å². The predicted molar refractivity (Wildman–Crippen MR) is 129 cm³/mol. The van der Waals surface area contributed by atoms with E-state index < -0.39 is 0 Å². The summed E-state index contributed by atoms with van der Waals surface area (Å²) in [6, 6.07) is 12.2. The van der Waals surface area contributed by atoms with Crippen molar-refractivity contribution in [3.63, 3.8) is 0 Å². The number of benzene rings is 2. The molecule has 1 aliphatic rings. The van der Waals surface area contributed by atoms with Crippen LogP contribution in [0.25, 0.3) is 0 Å². The van der Waals surface area contributed by atoms with E-state index in [1.165, 1.54) is 11.3 Å². The quantitative estimate of drug-likeness (QED) is 0.532. The van der Waals surface area contributed by atoms with Crippen molar-refractivity contribution in [2.45, 2.75) is 32.6 Å². The topological polar surface area (TPSA) is 104 Å². The lowest BCUT2D eigenvalue weighted by Gasteiger charge is -2.17. The summed E-state index contributed by atoms with van der Waals surface area (Å²) in [4.78, 5) is 38.5. The first-order chi connectivity index (χ1) is 15.8. The van der Waals surface area contributed by atoms with Crippen molar-refractivity contribution >= 4 is 57.2 Å². The highest BCUT2D eigenvalue weighted by atomic mass is 35.5. The van der Waals surface area contributed by atoms with E-state index in [1.807, 2.05) is 19.1 Å². The second-order valence-electron chi connectivity index (χ2n) is 7.72. The van der Waals surface area contributed by atoms with Crippen LogP contribution < -0.4 is 15.5 Å². The van der Waals surface area contributed by atoms with E-state index in [4.69, 9.17) is 11.6 Å². The second-order valence-corrected chi connectivity index (χ2v) is 9.14. The van der Waals surface area contributed by atoms with Crippen LogP contribution in [-0.2, 0) is 9.59 Å². The molecule has 2 N–H and O–H groups in total. The molecule has 1 saturated heterocycles. The number of aryl methyl sites for hydroxylation is 1. The van der Waals surface area contributed by atoms with E-state index in [9.17, 15) is 14.4 Å². The normalized spacial score (nSPS) is 15.5. The van der Waals surface area contributed by atoms with Gasteiger partial charge in [-0.1, -0.05) is 42.0 Å². The lowest BCUT2D eigenvalue weighted by atomic mass is 10.1. The summed E-state index contributed by atoms with van der Waals surface area (Å²) in [5.74, 6) is -0.613. The van der Waals surface area contributed by atoms with Gasteiger partial charge in [-0.3, -0.25) is 19.7 Å². The molecular weight excluding hydrogens is 462 g/mol. The average Bonchev–Trinajstić information content (AvgIpc) is 3.42. The molecule has 1 atom stereocenters. The Bertz CT molecular complexity index is 1230. The number of amides is 3. The number of halogens is 1. The van der Waals surface area contributed by atoms with Gasteiger partial charge in [0.1, 0.15) is 5.01 Å². The summed E-state index contributed by atoms with van der Waals surface area (Å²) < 4.78 is 0. The first kappa shape index (κ1) is 22.9. The van der Waals surface area contributed by atoms with Gasteiger partial charge in [-0.25, -0.2) is 0 Å². The fourth-order valence-electron chi connectivity index (χ4n) is 3.48. The first-order valence-electron chi connectivity index (χ1n) is 10.4. The molecule has 170 valence electrons. The van der Waals surface area contributed by atoms with E-state index in [0.29, 0.717) is 45.8 Å². The van der Waals surface area contributed by atoms with Crippen molar-refractivity contribution < 1.29 is 14.4 Å². The maximum Gasteiger partial charge on any atom is 0.257 e. The van der Waals surface area contributed by atoms with Crippen LogP contribution >= 0.6 is 22.9 Å². The van der Waals surface area contributed by atoms with Crippen LogP contribution in [0.3, 0.4) is 0 Å². The summed E-state index contributed by atoms with van der Waals surface area (Å²) in [5.41, 5.74) is 2.64. The van der Waals surface area contributed by atoms with Crippen LogP contribution in [0, 0.1) is 6.92 Å². The van der Waals surface area contributed by atoms with E-state index >= 15 is 0 Å². The van der Waals surface area contributed by atoms with Crippen molar-refractivity contribution in [2.75, 3.05) is 22.1 Å². The van der Waals surface area contributed by atoms with Gasteiger partial charge in [0.05, 0.1) is 0 Å². The molecule has 1 fully saturated rings. The van der Waals surface area contributed by atoms with Gasteiger partial charge in [0.25, 0.3) is 5.91 Å². The fraction of sp³-hybridized carbons (Fsp3) is 0.261. The Morgan fingerprint density at radius 3 is 2.76 bits per heavy atom. The smallest absolute Gasteiger partial charge is 0.257 e. The maximum atomic E-state index is 12.6. The van der Waals surface area contributed by atoms with Gasteiger partial charge in [0.15, 0.2) is 0 Å². The average molecular weight is 484 g/mol. The summed E-state index contributed by atoms with van der Waals surface area (Å²) >= 11 is 7.47. The Kier molecular flexibility index (Phi) is 6.71. The minimum atomic E-state index is -0.358. The lowest BCUT2D eigenvalue weighted by Crippen LogP contribution is -2.24. The first-order valence-corrected chi connectivity index (χ1v) is 11.6. The number of nitrogens with zero attached hydrogens (tertiary/aromatic N) is 3. The Hall–Kier alpha value is -3.30. The highest BCUT2D eigenvalue weighted by molar-refractivity contribution is 7.15. The zero-order valence-corrected chi connectivity index (χ0v) is 19.7. The Morgan fingerprint density at radius 2 is 2.00 bits per heavy atom. The number of hydrogen-bond donors (Lipinski definition) is 2. The molecule has 2 aromatic carbocycles. The SMILES string of the molecule is CCC(=O)Nc1cccc(C(=O)Nc2nnc(C3CC(=O)N(c4ccc(C)c(Cl)c4)C3)s2)c1. The molecule has 0 radical (unpaired) electrons. The van der Waals surface area contributed by atoms with Crippen LogP contribution in [0.1, 0.15) is 46.6 Å². The minimum Gasteiger partial charge on any atom is -0.326 e. The van der Waals surface area contributed by atoms with E-state index in [0.717, 1.165) is 11.3 Å². The van der Waals surface area contributed by atoms with Crippen LogP contribution in [0.2, 0.25) is 5.02 Å². The number of aromatic nitrogens is 2. The second kappa shape index (κ2) is 9.68. The van der Waals surface area contributed by atoms with Gasteiger partial charge in [-0.15, -0.1) is 10.2 Å². The summed E-state index contributed by atoms with van der Waals surface area (Å²) in [5, 5.41) is 15.4. The molecule has 4 rings (SSSR count). The van der Waals surface area contributed by atoms with E-state index in [1.54, 1.807) is 42.2 Å². The van der Waals surface area contributed by atoms with Gasteiger partial charge in [0, 0.05) is 47.3 Å². The third kappa shape index (κ3) is 5.20. The molecule has 2 heterocycles. The zero-order valence-electron chi connectivity index (χ0n) is 18.1. The van der Waals surface area contributed by atoms with Crippen molar-refractivity contribution in [1.29, 1.82) is 0 Å². The molecule has 0 aliphatic carbocycles. The highest BCUT2D eigenvalue weighted by Gasteiger charge is 2.34. The molecule has 0 spiro atoms. The number of nitrogens with one attached hydrogen (secondary N) is 2. The van der Waals surface area contributed by atoms with Crippen molar-refractivity contribution in [3.05, 3.63) is 63.6 Å². The third-order valence-corrected chi connectivity index (χ3v) is 6.74. The minimum absolute atomic E-state index is 0.00773. The van der Waals surface area contributed by atoms with Crippen LogP contribution in [0.4, 0.5) is 16.5 Å². The highest BCUT2D eigenvalue weighted by Crippen LogP contribution is 2.35. The van der Waals surface area contributed by atoms with Crippen molar-refractivity contribution in [2.24, 2.45) is 0 Å². The molecule has 8 nitrogen and oxygen atoms in total. The maximum absolute atomic E-state index is 12.6. The molecule has 0 bridgehead atoms. The summed E-state index contributed by atoms with van der Waals surface area (Å²) in [7, 11) is 0. The number of carbonyl (C=O) groups is 3. The van der Waals surface area contributed by atoms with Crippen molar-refractivity contribution in [3.8, 4) is 0 Å². The van der Waals surface area contributed by atoms with Crippen LogP contribution in [-0.4, -0.2) is 34.5 Å². The number of carbonyl (C=O) groups excluding carboxylic acids is 3. The van der Waals surface area contributed by atoms with Gasteiger partial charge in [-0.05, 0) is 42.8 Å². The molecule has 3 amide bonds. The molecule has 1 unspecified atom stereocenters. The fourth-order valence-corrected chi connectivity index (χ4v) is 4.48. The number of anilines is 3. The molecule has 33 heavy (non-hydrogen) atoms. The number of rotatable bonds is 6. The Morgan fingerprint density at radius 1 is 1.18 bits per heavy atom. The van der Waals surface area contributed by atoms with Gasteiger partial charge < -0.3 is 10.2 Å². The van der Waals surface area contributed by atoms with Crippen LogP contribution in [0.15, 0.2) is 42.5 Å². The third-order valence-electron chi connectivity index (χ3n) is 5.33. The molecule has 1 aliphatic heterocycles. The van der Waals surface area contributed by atoms with Crippen molar-refractivity contribution in [1.82, 2.24) is 10.2 Å². The van der Waals surface area contributed by atoms with Crippen LogP contribution in [0.5, 0.6) is 0 Å². The molecule has 3 aromatic rings. The van der Waals surface area contributed by atoms with E-state index in [2.05, 4.69) is 20.8 Å². The molecule has 0 saturated carbocycles. The predicted octanol–water partition coefficient (Wildman–Crippen LogP) is 4.62. The number of hydrogen-bond acceptors (Lipinski definition) is 6. The van der Waals surface area contributed by atoms with E-state index in [-0.39, 0.29) is 23.6 Å². The summed E-state index contributed by atoms with van der Waals surface area (Å²) in [6.07, 6.45) is 0.662. The van der Waals surface area contributed by atoms with Gasteiger partial charge >= 0.3 is 0 Å². The van der Waals surface area contributed by atoms with Gasteiger partial charge in [-0.2, -0.15) is 0 Å². The molecule has 1 aromatic heterocycles.